The van der Waals surface area contributed by atoms with Crippen molar-refractivity contribution >= 4 is 5.91 Å². The Morgan fingerprint density at radius 3 is 2.71 bits per heavy atom. The normalized spacial score (nSPS) is 17.0. The molecule has 0 N–H and O–H groups in total. The van der Waals surface area contributed by atoms with E-state index in [0.717, 1.165) is 17.7 Å². The molecule has 1 fully saturated rings. The Bertz CT molecular complexity index is 1060. The van der Waals surface area contributed by atoms with Gasteiger partial charge in [-0.2, -0.15) is 18.3 Å². The van der Waals surface area contributed by atoms with E-state index in [2.05, 4.69) is 10.1 Å². The predicted octanol–water partition coefficient (Wildman–Crippen LogP) is 3.64. The maximum Gasteiger partial charge on any atom is 0.416 e. The first-order valence-electron chi connectivity index (χ1n) is 9.80. The number of rotatable bonds is 4. The van der Waals surface area contributed by atoms with E-state index in [-0.39, 0.29) is 12.0 Å². The van der Waals surface area contributed by atoms with Gasteiger partial charge in [-0.3, -0.25) is 14.5 Å². The monoisotopic (exact) mass is 430 g/mol. The van der Waals surface area contributed by atoms with E-state index >= 15 is 0 Å². The number of carbonyl (C=O) groups excluding carboxylic acids is 1. The highest BCUT2D eigenvalue weighted by Gasteiger charge is 2.30. The summed E-state index contributed by atoms with van der Waals surface area (Å²) in [4.78, 5) is 18.8. The molecule has 9 heteroatoms. The topological polar surface area (TPSA) is 60.2 Å². The molecule has 1 saturated heterocycles. The van der Waals surface area contributed by atoms with Gasteiger partial charge >= 0.3 is 6.18 Å². The molecule has 31 heavy (non-hydrogen) atoms. The molecule has 0 saturated carbocycles. The van der Waals surface area contributed by atoms with Gasteiger partial charge in [0.2, 0.25) is 0 Å². The van der Waals surface area contributed by atoms with Gasteiger partial charge in [-0.1, -0.05) is 24.3 Å². The second-order valence-corrected chi connectivity index (χ2v) is 7.48. The molecule has 162 valence electrons. The molecule has 0 radical (unpaired) electrons. The smallest absolute Gasteiger partial charge is 0.368 e. The van der Waals surface area contributed by atoms with E-state index < -0.39 is 11.7 Å². The summed E-state index contributed by atoms with van der Waals surface area (Å²) >= 11 is 0. The fourth-order valence-corrected chi connectivity index (χ4v) is 3.55. The molecule has 3 aromatic rings. The molecular formula is C22H21F3N4O2. The van der Waals surface area contributed by atoms with Crippen LogP contribution in [-0.4, -0.2) is 45.3 Å². The Hall–Kier alpha value is -3.20. The molecule has 6 nitrogen and oxygen atoms in total. The lowest BCUT2D eigenvalue weighted by molar-refractivity contribution is -0.137. The zero-order valence-electron chi connectivity index (χ0n) is 16.8. The zero-order valence-corrected chi connectivity index (χ0v) is 16.8. The van der Waals surface area contributed by atoms with Crippen molar-refractivity contribution in [2.75, 3.05) is 19.7 Å². The van der Waals surface area contributed by atoms with Gasteiger partial charge in [0.1, 0.15) is 6.10 Å². The average Bonchev–Trinajstić information content (AvgIpc) is 3.20. The minimum Gasteiger partial charge on any atom is -0.368 e. The Kier molecular flexibility index (Phi) is 5.77. The van der Waals surface area contributed by atoms with Crippen LogP contribution in [0, 0.1) is 0 Å². The number of morpholine rings is 1. The van der Waals surface area contributed by atoms with Crippen LogP contribution in [0.3, 0.4) is 0 Å². The SMILES string of the molecule is Cn1cc(C(=O)N2CCO[C@H](c3ccc(Cc4cccc(C(F)(F)F)c4)cn3)C2)cn1. The molecule has 1 aliphatic heterocycles. The summed E-state index contributed by atoms with van der Waals surface area (Å²) in [6.45, 7) is 1.25. The molecule has 4 rings (SSSR count). The standard InChI is InChI=1S/C22H21F3N4O2/c1-28-13-17(12-27-28)21(30)29-7-8-31-20(14-29)19-6-5-16(11-26-19)9-15-3-2-4-18(10-15)22(23,24)25/h2-6,10-13,20H,7-9,14H2,1H3/t20-/m0/s1. The third-order valence-electron chi connectivity index (χ3n) is 5.15. The molecule has 1 atom stereocenters. The highest BCUT2D eigenvalue weighted by molar-refractivity contribution is 5.93. The molecule has 0 unspecified atom stereocenters. The van der Waals surface area contributed by atoms with Gasteiger partial charge in [-0.15, -0.1) is 0 Å². The number of nitrogens with zero attached hydrogens (tertiary/aromatic N) is 4. The van der Waals surface area contributed by atoms with Gasteiger partial charge in [0.25, 0.3) is 5.91 Å². The number of carbonyl (C=O) groups is 1. The number of aryl methyl sites for hydroxylation is 1. The summed E-state index contributed by atoms with van der Waals surface area (Å²) < 4.78 is 46.1. The first kappa shape index (κ1) is 21.0. The van der Waals surface area contributed by atoms with E-state index in [4.69, 9.17) is 4.74 Å². The second kappa shape index (κ2) is 8.50. The van der Waals surface area contributed by atoms with Crippen LogP contribution in [0.1, 0.15) is 38.8 Å². The molecule has 0 bridgehead atoms. The number of hydrogen-bond acceptors (Lipinski definition) is 4. The molecule has 1 aliphatic rings. The van der Waals surface area contributed by atoms with Gasteiger partial charge in [-0.25, -0.2) is 0 Å². The highest BCUT2D eigenvalue weighted by Crippen LogP contribution is 2.30. The third kappa shape index (κ3) is 4.93. The molecule has 1 aromatic carbocycles. The van der Waals surface area contributed by atoms with Crippen LogP contribution in [0.25, 0.3) is 0 Å². The summed E-state index contributed by atoms with van der Waals surface area (Å²) in [5.41, 5.74) is 1.89. The van der Waals surface area contributed by atoms with Crippen LogP contribution in [0.4, 0.5) is 13.2 Å². The zero-order chi connectivity index (χ0) is 22.0. The minimum atomic E-state index is -4.37. The van der Waals surface area contributed by atoms with Crippen LogP contribution in [-0.2, 0) is 24.4 Å². The van der Waals surface area contributed by atoms with Crippen molar-refractivity contribution in [2.45, 2.75) is 18.7 Å². The average molecular weight is 430 g/mol. The first-order chi connectivity index (χ1) is 14.8. The first-order valence-corrected chi connectivity index (χ1v) is 9.80. The Morgan fingerprint density at radius 2 is 2.03 bits per heavy atom. The van der Waals surface area contributed by atoms with Crippen LogP contribution in [0.2, 0.25) is 0 Å². The minimum absolute atomic E-state index is 0.109. The maximum atomic E-state index is 12.9. The van der Waals surface area contributed by atoms with Crippen molar-refractivity contribution in [1.82, 2.24) is 19.7 Å². The fourth-order valence-electron chi connectivity index (χ4n) is 3.55. The fraction of sp³-hybridized carbons (Fsp3) is 0.318. The van der Waals surface area contributed by atoms with Gasteiger partial charge in [-0.05, 0) is 29.7 Å². The van der Waals surface area contributed by atoms with Gasteiger partial charge in [0, 0.05) is 26.0 Å². The largest absolute Gasteiger partial charge is 0.416 e. The lowest BCUT2D eigenvalue weighted by Gasteiger charge is -2.32. The number of pyridine rings is 1. The quantitative estimate of drug-likeness (QED) is 0.634. The van der Waals surface area contributed by atoms with Gasteiger partial charge in [0.15, 0.2) is 0 Å². The van der Waals surface area contributed by atoms with Crippen LogP contribution < -0.4 is 0 Å². The predicted molar refractivity (Wildman–Crippen MR) is 106 cm³/mol. The summed E-state index contributed by atoms with van der Waals surface area (Å²) in [7, 11) is 1.75. The molecule has 1 amide bonds. The Labute approximate surface area is 177 Å². The molecule has 2 aromatic heterocycles. The second-order valence-electron chi connectivity index (χ2n) is 7.48. The van der Waals surface area contributed by atoms with Crippen molar-refractivity contribution in [3.63, 3.8) is 0 Å². The van der Waals surface area contributed by atoms with Crippen molar-refractivity contribution in [1.29, 1.82) is 0 Å². The summed E-state index contributed by atoms with van der Waals surface area (Å²) in [5.74, 6) is -0.109. The van der Waals surface area contributed by atoms with Crippen LogP contribution >= 0.6 is 0 Å². The number of aromatic nitrogens is 3. The van der Waals surface area contributed by atoms with E-state index in [9.17, 15) is 18.0 Å². The van der Waals surface area contributed by atoms with Gasteiger partial charge < -0.3 is 9.64 Å². The molecular weight excluding hydrogens is 409 g/mol. The molecule has 3 heterocycles. The van der Waals surface area contributed by atoms with Crippen LogP contribution in [0.5, 0.6) is 0 Å². The van der Waals surface area contributed by atoms with Crippen LogP contribution in [0.15, 0.2) is 55.0 Å². The third-order valence-corrected chi connectivity index (χ3v) is 5.15. The van der Waals surface area contributed by atoms with Crippen molar-refractivity contribution in [2.24, 2.45) is 7.05 Å². The number of amides is 1. The van der Waals surface area contributed by atoms with Crippen molar-refractivity contribution < 1.29 is 22.7 Å². The number of hydrogen-bond donors (Lipinski definition) is 0. The molecule has 0 spiro atoms. The lowest BCUT2D eigenvalue weighted by atomic mass is 10.0. The number of halogens is 3. The molecule has 0 aliphatic carbocycles. The van der Waals surface area contributed by atoms with E-state index in [1.165, 1.54) is 12.3 Å². The van der Waals surface area contributed by atoms with E-state index in [1.807, 2.05) is 6.07 Å². The Balaban J connectivity index is 1.42. The van der Waals surface area contributed by atoms with Crippen molar-refractivity contribution in [3.05, 3.63) is 82.9 Å². The highest BCUT2D eigenvalue weighted by atomic mass is 19.4. The maximum absolute atomic E-state index is 12.9. The van der Waals surface area contributed by atoms with Crippen molar-refractivity contribution in [3.8, 4) is 0 Å². The summed E-state index contributed by atoms with van der Waals surface area (Å²) in [6, 6.07) is 8.91. The summed E-state index contributed by atoms with van der Waals surface area (Å²) in [5, 5.41) is 4.04. The Morgan fingerprint density at radius 1 is 1.19 bits per heavy atom. The number of benzene rings is 1. The number of alkyl halides is 3. The van der Waals surface area contributed by atoms with Gasteiger partial charge in [0.05, 0.1) is 36.2 Å². The van der Waals surface area contributed by atoms with E-state index in [1.54, 1.807) is 41.2 Å². The number of ether oxygens (including phenoxy) is 1. The lowest BCUT2D eigenvalue weighted by Crippen LogP contribution is -2.42. The van der Waals surface area contributed by atoms with E-state index in [0.29, 0.717) is 42.9 Å². The summed E-state index contributed by atoms with van der Waals surface area (Å²) in [6.07, 6.45) is 0.461.